The Morgan fingerprint density at radius 2 is 2.24 bits per heavy atom. The monoisotopic (exact) mass is 295 g/mol. The third-order valence-electron chi connectivity index (χ3n) is 3.28. The van der Waals surface area contributed by atoms with Crippen LogP contribution in [0, 0.1) is 5.92 Å². The van der Waals surface area contributed by atoms with Crippen molar-refractivity contribution in [1.29, 1.82) is 0 Å². The van der Waals surface area contributed by atoms with Crippen LogP contribution in [0.4, 0.5) is 0 Å². The number of ketones is 1. The van der Waals surface area contributed by atoms with Crippen molar-refractivity contribution < 1.29 is 29.0 Å². The number of hydrogen-bond acceptors (Lipinski definition) is 5. The quantitative estimate of drug-likeness (QED) is 0.129. The minimum Gasteiger partial charge on any atom is -0.453 e. The zero-order valence-corrected chi connectivity index (χ0v) is 11.9. The van der Waals surface area contributed by atoms with Gasteiger partial charge in [0.2, 0.25) is 5.91 Å². The van der Waals surface area contributed by atoms with E-state index in [0.717, 1.165) is 4.90 Å². The van der Waals surface area contributed by atoms with Gasteiger partial charge in [0.05, 0.1) is 6.04 Å². The number of esters is 1. The molecule has 1 aliphatic heterocycles. The Hall–Kier alpha value is -2.31. The molecule has 0 aromatic carbocycles. The lowest BCUT2D eigenvalue weighted by Gasteiger charge is -2.44. The van der Waals surface area contributed by atoms with Crippen molar-refractivity contribution in [2.45, 2.75) is 32.5 Å². The van der Waals surface area contributed by atoms with Gasteiger partial charge >= 0.3 is 11.7 Å². The van der Waals surface area contributed by atoms with Crippen LogP contribution in [0.25, 0.3) is 5.53 Å². The number of nitrogens with zero attached hydrogens (tertiary/aromatic N) is 3. The minimum absolute atomic E-state index is 0.0816. The van der Waals surface area contributed by atoms with Gasteiger partial charge in [0, 0.05) is 12.3 Å². The van der Waals surface area contributed by atoms with Gasteiger partial charge in [-0.15, -0.1) is 0 Å². The number of likely N-dealkylation sites (tertiary alicyclic amines) is 1. The second kappa shape index (κ2) is 6.92. The molecule has 0 aromatic rings. The van der Waals surface area contributed by atoms with E-state index in [1.165, 1.54) is 19.9 Å². The van der Waals surface area contributed by atoms with Gasteiger partial charge in [-0.2, -0.15) is 4.79 Å². The van der Waals surface area contributed by atoms with E-state index < -0.39 is 35.7 Å². The fraction of sp³-hybridized carbons (Fsp3) is 0.538. The molecule has 1 fully saturated rings. The van der Waals surface area contributed by atoms with Crippen molar-refractivity contribution in [3.05, 3.63) is 18.2 Å². The molecule has 1 heterocycles. The third-order valence-corrected chi connectivity index (χ3v) is 3.28. The Bertz CT molecular complexity index is 522. The summed E-state index contributed by atoms with van der Waals surface area (Å²) in [5.41, 5.74) is 8.08. The largest absolute Gasteiger partial charge is 0.453 e. The molecule has 0 radical (unpaired) electrons. The first-order valence-corrected chi connectivity index (χ1v) is 6.38. The predicted octanol–water partition coefficient (Wildman–Crippen LogP) is -0.469. The van der Waals surface area contributed by atoms with Crippen molar-refractivity contribution >= 4 is 23.4 Å². The Balaban J connectivity index is 2.82. The summed E-state index contributed by atoms with van der Waals surface area (Å²) in [6.07, 6.45) is 0.354. The summed E-state index contributed by atoms with van der Waals surface area (Å²) in [6, 6.07) is -0.547. The highest BCUT2D eigenvalue weighted by Crippen LogP contribution is 2.28. The number of carbonyl (C=O) groups is 3. The summed E-state index contributed by atoms with van der Waals surface area (Å²) in [6.45, 7) is 6.12. The van der Waals surface area contributed by atoms with Gasteiger partial charge in [-0.05, 0) is 6.92 Å². The van der Waals surface area contributed by atoms with Gasteiger partial charge < -0.3 is 20.3 Å². The average Bonchev–Trinajstić information content (AvgIpc) is 2.41. The summed E-state index contributed by atoms with van der Waals surface area (Å²) < 4.78 is 4.64. The lowest BCUT2D eigenvalue weighted by atomic mass is 9.85. The van der Waals surface area contributed by atoms with E-state index >= 15 is 0 Å². The SMILES string of the molecule is C=CCOC(=O)C(=[N+]=[N-])C(=O)C(C)C1CC(=O)N1C(C)O. The van der Waals surface area contributed by atoms with E-state index in [9.17, 15) is 19.5 Å². The molecule has 1 aliphatic rings. The fourth-order valence-electron chi connectivity index (χ4n) is 2.14. The number of carbonyl (C=O) groups excluding carboxylic acids is 3. The first-order chi connectivity index (χ1) is 9.84. The van der Waals surface area contributed by atoms with Gasteiger partial charge in [0.25, 0.3) is 5.78 Å². The molecule has 21 heavy (non-hydrogen) atoms. The molecule has 3 atom stereocenters. The molecule has 1 N–H and O–H groups in total. The van der Waals surface area contributed by atoms with Crippen LogP contribution in [0.1, 0.15) is 20.3 Å². The number of hydrogen-bond donors (Lipinski definition) is 1. The van der Waals surface area contributed by atoms with Crippen LogP contribution < -0.4 is 0 Å². The Kier molecular flexibility index (Phi) is 5.52. The van der Waals surface area contributed by atoms with Gasteiger partial charge in [-0.1, -0.05) is 19.6 Å². The molecule has 3 unspecified atom stereocenters. The van der Waals surface area contributed by atoms with Crippen molar-refractivity contribution in [2.24, 2.45) is 5.92 Å². The molecule has 8 nitrogen and oxygen atoms in total. The van der Waals surface area contributed by atoms with Crippen LogP contribution in [0.3, 0.4) is 0 Å². The highest BCUT2D eigenvalue weighted by atomic mass is 16.5. The van der Waals surface area contributed by atoms with Crippen molar-refractivity contribution in [1.82, 2.24) is 4.90 Å². The van der Waals surface area contributed by atoms with Gasteiger partial charge in [0.15, 0.2) is 0 Å². The van der Waals surface area contributed by atoms with Crippen LogP contribution >= 0.6 is 0 Å². The summed E-state index contributed by atoms with van der Waals surface area (Å²) in [4.78, 5) is 39.0. The normalized spacial score (nSPS) is 19.9. The zero-order chi connectivity index (χ0) is 16.2. The van der Waals surface area contributed by atoms with Crippen molar-refractivity contribution in [2.75, 3.05) is 6.61 Å². The van der Waals surface area contributed by atoms with Gasteiger partial charge in [-0.25, -0.2) is 4.79 Å². The van der Waals surface area contributed by atoms with Crippen molar-refractivity contribution in [3.63, 3.8) is 0 Å². The third kappa shape index (κ3) is 3.42. The molecule has 0 aliphatic carbocycles. The number of aliphatic hydroxyl groups excluding tert-OH is 1. The smallest absolute Gasteiger partial charge is 0.441 e. The molecule has 0 bridgehead atoms. The average molecular weight is 295 g/mol. The molecular formula is C13H17N3O5. The maximum absolute atomic E-state index is 12.2. The van der Waals surface area contributed by atoms with E-state index in [-0.39, 0.29) is 18.9 Å². The standard InChI is InChI=1S/C13H17N3O5/c1-4-5-21-13(20)11(15-14)12(19)7(2)9-6-10(18)16(9)8(3)17/h4,7-9,17H,1,5-6H2,2-3H3. The molecule has 1 rings (SSSR count). The molecule has 0 spiro atoms. The number of Topliss-reactive ketones (excluding diaryl/α,β-unsaturated/α-hetero) is 1. The van der Waals surface area contributed by atoms with E-state index in [1.807, 2.05) is 0 Å². The van der Waals surface area contributed by atoms with Gasteiger partial charge in [-0.3, -0.25) is 9.59 Å². The van der Waals surface area contributed by atoms with Crippen LogP contribution in [0.5, 0.6) is 0 Å². The van der Waals surface area contributed by atoms with E-state index in [1.54, 1.807) is 0 Å². The lowest BCUT2D eigenvalue weighted by Crippen LogP contribution is -2.61. The summed E-state index contributed by atoms with van der Waals surface area (Å²) in [5.74, 6) is -2.91. The van der Waals surface area contributed by atoms with E-state index in [4.69, 9.17) is 5.53 Å². The molecule has 8 heteroatoms. The number of ether oxygens (including phenoxy) is 1. The Labute approximate surface area is 121 Å². The van der Waals surface area contributed by atoms with Crippen LogP contribution in [0.15, 0.2) is 12.7 Å². The fourth-order valence-corrected chi connectivity index (χ4v) is 2.14. The second-order valence-corrected chi connectivity index (χ2v) is 4.69. The number of aliphatic hydroxyl groups is 1. The summed E-state index contributed by atoms with van der Waals surface area (Å²) >= 11 is 0. The van der Waals surface area contributed by atoms with E-state index in [0.29, 0.717) is 0 Å². The van der Waals surface area contributed by atoms with Gasteiger partial charge in [0.1, 0.15) is 12.8 Å². The topological polar surface area (TPSA) is 120 Å². The molecular weight excluding hydrogens is 278 g/mol. The molecule has 0 aromatic heterocycles. The zero-order valence-electron chi connectivity index (χ0n) is 11.9. The molecule has 1 saturated heterocycles. The highest BCUT2D eigenvalue weighted by Gasteiger charge is 2.48. The summed E-state index contributed by atoms with van der Waals surface area (Å²) in [7, 11) is 0. The molecule has 114 valence electrons. The Morgan fingerprint density at radius 3 is 2.67 bits per heavy atom. The van der Waals surface area contributed by atoms with E-state index in [2.05, 4.69) is 16.1 Å². The predicted molar refractivity (Wildman–Crippen MR) is 70.9 cm³/mol. The molecule has 1 amide bonds. The number of rotatable bonds is 7. The highest BCUT2D eigenvalue weighted by molar-refractivity contribution is 6.62. The van der Waals surface area contributed by atoms with Crippen molar-refractivity contribution in [3.8, 4) is 0 Å². The lowest BCUT2D eigenvalue weighted by molar-refractivity contribution is -0.165. The first kappa shape index (κ1) is 16.7. The number of β-lactam (4-membered cyclic amide) rings is 1. The number of amides is 1. The first-order valence-electron chi connectivity index (χ1n) is 6.38. The van der Waals surface area contributed by atoms with Crippen LogP contribution in [0.2, 0.25) is 0 Å². The minimum atomic E-state index is -1.07. The van der Waals surface area contributed by atoms with Crippen LogP contribution in [-0.2, 0) is 19.1 Å². The molecule has 0 saturated carbocycles. The maximum Gasteiger partial charge on any atom is 0.441 e. The Morgan fingerprint density at radius 1 is 1.62 bits per heavy atom. The second-order valence-electron chi connectivity index (χ2n) is 4.69. The summed E-state index contributed by atoms with van der Waals surface area (Å²) in [5, 5.41) is 9.48. The van der Waals surface area contributed by atoms with Crippen LogP contribution in [-0.4, -0.2) is 57.0 Å². The maximum atomic E-state index is 12.2.